The van der Waals surface area contributed by atoms with Crippen LogP contribution in [0.25, 0.3) is 0 Å². The Balaban J connectivity index is 2.37. The van der Waals surface area contributed by atoms with Gasteiger partial charge in [0.25, 0.3) is 0 Å². The molecule has 0 saturated heterocycles. The molecule has 1 rings (SSSR count). The minimum absolute atomic E-state index is 0.204. The highest BCUT2D eigenvalue weighted by atomic mass is 15.3. The Morgan fingerprint density at radius 3 is 2.86 bits per heavy atom. The molecular formula is C10H20N4. The number of nitrogens with zero attached hydrogens (tertiary/aromatic N) is 2. The molecule has 3 N–H and O–H groups in total. The molecule has 0 fully saturated rings. The second kappa shape index (κ2) is 5.00. The second-order valence-corrected chi connectivity index (χ2v) is 3.77. The number of hydrogen-bond acceptors (Lipinski definition) is 3. The molecule has 2 unspecified atom stereocenters. The topological polar surface area (TPSA) is 55.9 Å². The Morgan fingerprint density at radius 2 is 2.36 bits per heavy atom. The maximum Gasteiger partial charge on any atom is 0.123 e. The van der Waals surface area contributed by atoms with Crippen LogP contribution in [-0.4, -0.2) is 22.4 Å². The minimum atomic E-state index is 0.204. The summed E-state index contributed by atoms with van der Waals surface area (Å²) in [6.45, 7) is 5.14. The zero-order valence-electron chi connectivity index (χ0n) is 9.20. The van der Waals surface area contributed by atoms with Gasteiger partial charge in [-0.1, -0.05) is 20.3 Å². The van der Waals surface area contributed by atoms with Gasteiger partial charge in [0.2, 0.25) is 0 Å². The van der Waals surface area contributed by atoms with E-state index in [1.807, 2.05) is 17.8 Å². The van der Waals surface area contributed by atoms with E-state index in [1.54, 1.807) is 6.20 Å². The molecule has 2 atom stereocenters. The van der Waals surface area contributed by atoms with Gasteiger partial charge in [-0.05, 0) is 5.92 Å². The Bertz CT molecular complexity index is 269. The third-order valence-electron chi connectivity index (χ3n) is 2.71. The quantitative estimate of drug-likeness (QED) is 0.744. The van der Waals surface area contributed by atoms with Crippen molar-refractivity contribution >= 4 is 5.82 Å². The number of aryl methyl sites for hydroxylation is 1. The standard InChI is InChI=1S/C10H20N4/c1-4-8(2)9(11)7-12-10-5-6-13-14(10)3/h5-6,8-9,12H,4,7,11H2,1-3H3. The lowest BCUT2D eigenvalue weighted by Gasteiger charge is -2.19. The molecule has 0 aliphatic heterocycles. The van der Waals surface area contributed by atoms with Crippen molar-refractivity contribution in [3.63, 3.8) is 0 Å². The summed E-state index contributed by atoms with van der Waals surface area (Å²) in [5.41, 5.74) is 6.00. The highest BCUT2D eigenvalue weighted by Crippen LogP contribution is 2.08. The molecular weight excluding hydrogens is 176 g/mol. The van der Waals surface area contributed by atoms with Gasteiger partial charge in [0.1, 0.15) is 5.82 Å². The van der Waals surface area contributed by atoms with Crippen LogP contribution in [0.4, 0.5) is 5.82 Å². The first-order valence-corrected chi connectivity index (χ1v) is 5.12. The average Bonchev–Trinajstić information content (AvgIpc) is 2.59. The maximum absolute atomic E-state index is 6.00. The lowest BCUT2D eigenvalue weighted by atomic mass is 10.0. The SMILES string of the molecule is CCC(C)C(N)CNc1ccnn1C. The van der Waals surface area contributed by atoms with E-state index in [-0.39, 0.29) is 6.04 Å². The summed E-state index contributed by atoms with van der Waals surface area (Å²) in [4.78, 5) is 0. The zero-order valence-corrected chi connectivity index (χ0v) is 9.20. The summed E-state index contributed by atoms with van der Waals surface area (Å²) < 4.78 is 1.81. The Kier molecular flexibility index (Phi) is 3.95. The first-order valence-electron chi connectivity index (χ1n) is 5.12. The van der Waals surface area contributed by atoms with Crippen LogP contribution in [0, 0.1) is 5.92 Å². The van der Waals surface area contributed by atoms with Gasteiger partial charge in [-0.3, -0.25) is 4.68 Å². The summed E-state index contributed by atoms with van der Waals surface area (Å²) in [5.74, 6) is 1.57. The molecule has 0 aliphatic rings. The molecule has 1 aromatic rings. The van der Waals surface area contributed by atoms with Crippen molar-refractivity contribution in [1.82, 2.24) is 9.78 Å². The molecule has 0 radical (unpaired) electrons. The van der Waals surface area contributed by atoms with Crippen molar-refractivity contribution in [3.05, 3.63) is 12.3 Å². The van der Waals surface area contributed by atoms with Crippen LogP contribution >= 0.6 is 0 Å². The summed E-state index contributed by atoms with van der Waals surface area (Å²) in [7, 11) is 1.91. The van der Waals surface area contributed by atoms with Gasteiger partial charge in [0.05, 0.1) is 6.20 Å². The third-order valence-corrected chi connectivity index (χ3v) is 2.71. The van der Waals surface area contributed by atoms with E-state index in [2.05, 4.69) is 24.3 Å². The fraction of sp³-hybridized carbons (Fsp3) is 0.700. The summed E-state index contributed by atoms with van der Waals surface area (Å²) in [6, 6.07) is 2.15. The molecule has 0 aliphatic carbocycles. The molecule has 80 valence electrons. The van der Waals surface area contributed by atoms with E-state index in [1.165, 1.54) is 0 Å². The normalized spacial score (nSPS) is 15.1. The molecule has 0 aromatic carbocycles. The van der Waals surface area contributed by atoms with E-state index in [9.17, 15) is 0 Å². The van der Waals surface area contributed by atoms with Crippen molar-refractivity contribution in [3.8, 4) is 0 Å². The molecule has 0 spiro atoms. The maximum atomic E-state index is 6.00. The van der Waals surface area contributed by atoms with Gasteiger partial charge in [-0.15, -0.1) is 0 Å². The van der Waals surface area contributed by atoms with Crippen LogP contribution in [0.3, 0.4) is 0 Å². The van der Waals surface area contributed by atoms with Crippen LogP contribution in [0.5, 0.6) is 0 Å². The first-order chi connectivity index (χ1) is 6.65. The van der Waals surface area contributed by atoms with Crippen LogP contribution in [0.1, 0.15) is 20.3 Å². The van der Waals surface area contributed by atoms with E-state index in [0.29, 0.717) is 5.92 Å². The molecule has 14 heavy (non-hydrogen) atoms. The number of aromatic nitrogens is 2. The smallest absolute Gasteiger partial charge is 0.123 e. The zero-order chi connectivity index (χ0) is 10.6. The number of nitrogens with one attached hydrogen (secondary N) is 1. The van der Waals surface area contributed by atoms with Crippen LogP contribution in [-0.2, 0) is 7.05 Å². The summed E-state index contributed by atoms with van der Waals surface area (Å²) >= 11 is 0. The Labute approximate surface area is 85.5 Å². The van der Waals surface area contributed by atoms with Crippen molar-refractivity contribution in [2.24, 2.45) is 18.7 Å². The van der Waals surface area contributed by atoms with Crippen LogP contribution < -0.4 is 11.1 Å². The first kappa shape index (κ1) is 11.0. The molecule has 0 saturated carbocycles. The minimum Gasteiger partial charge on any atom is -0.369 e. The molecule has 0 bridgehead atoms. The third kappa shape index (κ3) is 2.73. The summed E-state index contributed by atoms with van der Waals surface area (Å²) in [6.07, 6.45) is 2.89. The lowest BCUT2D eigenvalue weighted by Crippen LogP contribution is -2.35. The highest BCUT2D eigenvalue weighted by molar-refractivity contribution is 5.33. The van der Waals surface area contributed by atoms with E-state index in [0.717, 1.165) is 18.8 Å². The van der Waals surface area contributed by atoms with Crippen molar-refractivity contribution in [2.45, 2.75) is 26.3 Å². The molecule has 1 aromatic heterocycles. The molecule has 0 amide bonds. The van der Waals surface area contributed by atoms with Crippen molar-refractivity contribution in [2.75, 3.05) is 11.9 Å². The fourth-order valence-corrected chi connectivity index (χ4v) is 1.27. The predicted molar refractivity (Wildman–Crippen MR) is 59.1 cm³/mol. The number of hydrogen-bond donors (Lipinski definition) is 2. The van der Waals surface area contributed by atoms with Crippen LogP contribution in [0.2, 0.25) is 0 Å². The van der Waals surface area contributed by atoms with Crippen molar-refractivity contribution < 1.29 is 0 Å². The summed E-state index contributed by atoms with van der Waals surface area (Å²) in [5, 5.41) is 7.36. The Morgan fingerprint density at radius 1 is 1.64 bits per heavy atom. The Hall–Kier alpha value is -1.03. The highest BCUT2D eigenvalue weighted by Gasteiger charge is 2.10. The average molecular weight is 196 g/mol. The molecule has 4 heteroatoms. The van der Waals surface area contributed by atoms with Gasteiger partial charge >= 0.3 is 0 Å². The lowest BCUT2D eigenvalue weighted by molar-refractivity contribution is 0.456. The van der Waals surface area contributed by atoms with E-state index >= 15 is 0 Å². The largest absolute Gasteiger partial charge is 0.369 e. The molecule has 1 heterocycles. The number of rotatable bonds is 5. The number of nitrogens with two attached hydrogens (primary N) is 1. The monoisotopic (exact) mass is 196 g/mol. The van der Waals surface area contributed by atoms with Crippen LogP contribution in [0.15, 0.2) is 12.3 Å². The van der Waals surface area contributed by atoms with Gasteiger partial charge in [-0.25, -0.2) is 0 Å². The van der Waals surface area contributed by atoms with Gasteiger partial charge in [0.15, 0.2) is 0 Å². The van der Waals surface area contributed by atoms with Gasteiger partial charge in [0, 0.05) is 25.7 Å². The predicted octanol–water partition coefficient (Wildman–Crippen LogP) is 1.21. The van der Waals surface area contributed by atoms with E-state index < -0.39 is 0 Å². The number of anilines is 1. The van der Waals surface area contributed by atoms with Crippen molar-refractivity contribution in [1.29, 1.82) is 0 Å². The van der Waals surface area contributed by atoms with Gasteiger partial charge in [-0.2, -0.15) is 5.10 Å². The second-order valence-electron chi connectivity index (χ2n) is 3.77. The fourth-order valence-electron chi connectivity index (χ4n) is 1.27. The van der Waals surface area contributed by atoms with Gasteiger partial charge < -0.3 is 11.1 Å². The van der Waals surface area contributed by atoms with E-state index in [4.69, 9.17) is 5.73 Å². The molecule has 4 nitrogen and oxygen atoms in total.